The summed E-state index contributed by atoms with van der Waals surface area (Å²) in [5.74, 6) is 1.98. The largest absolute Gasteiger partial charge is 0.462 e. The molecule has 4 aliphatic rings. The van der Waals surface area contributed by atoms with Gasteiger partial charge in [0.25, 0.3) is 0 Å². The molecule has 3 saturated carbocycles. The summed E-state index contributed by atoms with van der Waals surface area (Å²) in [6.07, 6.45) is 7.86. The quantitative estimate of drug-likeness (QED) is 0.750. The van der Waals surface area contributed by atoms with Gasteiger partial charge < -0.3 is 9.84 Å². The fourth-order valence-electron chi connectivity index (χ4n) is 6.53. The summed E-state index contributed by atoms with van der Waals surface area (Å²) < 4.78 is 5.65. The van der Waals surface area contributed by atoms with E-state index in [0.29, 0.717) is 30.1 Å². The van der Waals surface area contributed by atoms with E-state index in [-0.39, 0.29) is 23.3 Å². The van der Waals surface area contributed by atoms with Gasteiger partial charge in [0.15, 0.2) is 5.78 Å². The molecule has 0 aromatic rings. The van der Waals surface area contributed by atoms with Crippen LogP contribution in [0.25, 0.3) is 0 Å². The van der Waals surface area contributed by atoms with E-state index >= 15 is 0 Å². The summed E-state index contributed by atoms with van der Waals surface area (Å²) in [5.41, 5.74) is 1.06. The minimum atomic E-state index is -0.462. The molecule has 4 aliphatic carbocycles. The van der Waals surface area contributed by atoms with Crippen molar-refractivity contribution in [3.63, 3.8) is 0 Å². The number of esters is 1. The molecule has 7 atom stereocenters. The van der Waals surface area contributed by atoms with Gasteiger partial charge in [0.1, 0.15) is 6.10 Å². The molecule has 0 bridgehead atoms. The average molecular weight is 332 g/mol. The highest BCUT2D eigenvalue weighted by atomic mass is 16.5. The molecule has 0 aromatic heterocycles. The maximum absolute atomic E-state index is 11.8. The smallest absolute Gasteiger partial charge is 0.302 e. The Kier molecular flexibility index (Phi) is 3.87. The van der Waals surface area contributed by atoms with Gasteiger partial charge in [0, 0.05) is 18.8 Å². The number of carbonyl (C=O) groups excluding carboxylic acids is 2. The van der Waals surface area contributed by atoms with Crippen LogP contribution in [0.2, 0.25) is 0 Å². The first kappa shape index (κ1) is 16.3. The Morgan fingerprint density at radius 3 is 2.79 bits per heavy atom. The molecule has 4 rings (SSSR count). The van der Waals surface area contributed by atoms with Gasteiger partial charge >= 0.3 is 5.97 Å². The number of aliphatic hydroxyl groups excluding tert-OH is 1. The highest BCUT2D eigenvalue weighted by molar-refractivity contribution is 5.91. The van der Waals surface area contributed by atoms with Crippen LogP contribution in [0.4, 0.5) is 0 Å². The van der Waals surface area contributed by atoms with Crippen molar-refractivity contribution < 1.29 is 19.4 Å². The normalized spacial score (nSPS) is 47.3. The molecular weight excluding hydrogens is 304 g/mol. The summed E-state index contributed by atoms with van der Waals surface area (Å²) in [5, 5.41) is 10.7. The van der Waals surface area contributed by atoms with Crippen LogP contribution in [0, 0.1) is 29.1 Å². The van der Waals surface area contributed by atoms with E-state index in [2.05, 4.69) is 6.92 Å². The number of aliphatic hydroxyl groups is 1. The molecule has 24 heavy (non-hydrogen) atoms. The molecule has 3 fully saturated rings. The van der Waals surface area contributed by atoms with Gasteiger partial charge in [-0.25, -0.2) is 0 Å². The standard InChI is InChI=1S/C20H28O4/c1-11(21)24-19-6-5-17-15-10-18(23)16-9-12(22)3-4-13(16)14(15)7-8-20(17,19)2/h9,13-15,17-19,23H,3-8,10H2,1-2H3/t13-,14-,15-,17+,18-,19+,20+/m1/s1. The first-order chi connectivity index (χ1) is 11.4. The van der Waals surface area contributed by atoms with Crippen molar-refractivity contribution in [2.75, 3.05) is 0 Å². The number of ketones is 1. The molecule has 0 saturated heterocycles. The van der Waals surface area contributed by atoms with Gasteiger partial charge in [-0.15, -0.1) is 0 Å². The van der Waals surface area contributed by atoms with Crippen LogP contribution in [-0.2, 0) is 14.3 Å². The maximum Gasteiger partial charge on any atom is 0.302 e. The van der Waals surface area contributed by atoms with Crippen molar-refractivity contribution in [1.82, 2.24) is 0 Å². The first-order valence-corrected chi connectivity index (χ1v) is 9.49. The van der Waals surface area contributed by atoms with Crippen molar-refractivity contribution in [3.05, 3.63) is 11.6 Å². The van der Waals surface area contributed by atoms with Gasteiger partial charge in [-0.2, -0.15) is 0 Å². The van der Waals surface area contributed by atoms with Crippen molar-refractivity contribution in [2.24, 2.45) is 29.1 Å². The topological polar surface area (TPSA) is 63.6 Å². The number of hydrogen-bond acceptors (Lipinski definition) is 4. The predicted molar refractivity (Wildman–Crippen MR) is 89.0 cm³/mol. The predicted octanol–water partition coefficient (Wildman–Crippen LogP) is 3.03. The van der Waals surface area contributed by atoms with E-state index < -0.39 is 6.10 Å². The van der Waals surface area contributed by atoms with Crippen LogP contribution < -0.4 is 0 Å². The van der Waals surface area contributed by atoms with Crippen molar-refractivity contribution in [3.8, 4) is 0 Å². The third-order valence-corrected chi connectivity index (χ3v) is 7.57. The fourth-order valence-corrected chi connectivity index (χ4v) is 6.53. The zero-order valence-corrected chi connectivity index (χ0v) is 14.7. The highest BCUT2D eigenvalue weighted by Crippen LogP contribution is 2.62. The van der Waals surface area contributed by atoms with E-state index in [1.165, 1.54) is 6.92 Å². The Hall–Kier alpha value is -1.16. The minimum absolute atomic E-state index is 0.0305. The lowest BCUT2D eigenvalue weighted by molar-refractivity contribution is -0.156. The van der Waals surface area contributed by atoms with E-state index in [4.69, 9.17) is 4.74 Å². The molecule has 4 heteroatoms. The van der Waals surface area contributed by atoms with E-state index in [9.17, 15) is 14.7 Å². The lowest BCUT2D eigenvalue weighted by atomic mass is 9.51. The Labute approximate surface area is 143 Å². The Morgan fingerprint density at radius 2 is 2.04 bits per heavy atom. The fraction of sp³-hybridized carbons (Fsp3) is 0.800. The summed E-state index contributed by atoms with van der Waals surface area (Å²) >= 11 is 0. The van der Waals surface area contributed by atoms with Gasteiger partial charge in [-0.1, -0.05) is 6.92 Å². The molecule has 0 aromatic carbocycles. The van der Waals surface area contributed by atoms with Gasteiger partial charge in [-0.3, -0.25) is 9.59 Å². The summed E-state index contributed by atoms with van der Waals surface area (Å²) in [4.78, 5) is 23.2. The molecule has 0 amide bonds. The van der Waals surface area contributed by atoms with Crippen molar-refractivity contribution in [1.29, 1.82) is 0 Å². The van der Waals surface area contributed by atoms with E-state index in [1.807, 2.05) is 0 Å². The van der Waals surface area contributed by atoms with Crippen LogP contribution in [0.15, 0.2) is 11.6 Å². The summed E-state index contributed by atoms with van der Waals surface area (Å²) in [7, 11) is 0. The second-order valence-electron chi connectivity index (χ2n) is 8.66. The Balaban J connectivity index is 1.61. The molecule has 0 spiro atoms. The number of ether oxygens (including phenoxy) is 1. The lowest BCUT2D eigenvalue weighted by Crippen LogP contribution is -2.50. The molecule has 0 aliphatic heterocycles. The molecule has 0 unspecified atom stereocenters. The number of carbonyl (C=O) groups is 2. The van der Waals surface area contributed by atoms with E-state index in [0.717, 1.165) is 44.1 Å². The molecule has 0 heterocycles. The van der Waals surface area contributed by atoms with E-state index in [1.54, 1.807) is 6.08 Å². The Morgan fingerprint density at radius 1 is 1.25 bits per heavy atom. The van der Waals surface area contributed by atoms with Crippen molar-refractivity contribution >= 4 is 11.8 Å². The zero-order valence-electron chi connectivity index (χ0n) is 14.7. The van der Waals surface area contributed by atoms with Crippen molar-refractivity contribution in [2.45, 2.75) is 71.0 Å². The third kappa shape index (κ3) is 2.37. The third-order valence-electron chi connectivity index (χ3n) is 7.57. The van der Waals surface area contributed by atoms with Gasteiger partial charge in [-0.05, 0) is 73.8 Å². The average Bonchev–Trinajstić information content (AvgIpc) is 2.84. The SMILES string of the molecule is CC(=O)O[C@H]1CC[C@H]2[C@@H]3C[C@@H](O)C4=CC(=O)CC[C@@H]4[C@H]3CC[C@]12C. The first-order valence-electron chi connectivity index (χ1n) is 9.49. The monoisotopic (exact) mass is 332 g/mol. The second-order valence-corrected chi connectivity index (χ2v) is 8.66. The second kappa shape index (κ2) is 5.69. The number of hydrogen-bond donors (Lipinski definition) is 1. The van der Waals surface area contributed by atoms with Crippen LogP contribution in [0.5, 0.6) is 0 Å². The number of fused-ring (bicyclic) bond motifs is 5. The van der Waals surface area contributed by atoms with Crippen LogP contribution >= 0.6 is 0 Å². The molecule has 4 nitrogen and oxygen atoms in total. The summed E-state index contributed by atoms with van der Waals surface area (Å²) in [6, 6.07) is 0. The minimum Gasteiger partial charge on any atom is -0.462 e. The molecule has 1 N–H and O–H groups in total. The lowest BCUT2D eigenvalue weighted by Gasteiger charge is -2.54. The van der Waals surface area contributed by atoms with Crippen LogP contribution in [0.1, 0.15) is 58.8 Å². The van der Waals surface area contributed by atoms with Gasteiger partial charge in [0.2, 0.25) is 0 Å². The Bertz CT molecular complexity index is 594. The molecular formula is C20H28O4. The summed E-state index contributed by atoms with van der Waals surface area (Å²) in [6.45, 7) is 3.79. The number of rotatable bonds is 1. The van der Waals surface area contributed by atoms with Crippen LogP contribution in [-0.4, -0.2) is 29.1 Å². The zero-order chi connectivity index (χ0) is 17.1. The van der Waals surface area contributed by atoms with Gasteiger partial charge in [0.05, 0.1) is 6.10 Å². The molecule has 132 valence electrons. The highest BCUT2D eigenvalue weighted by Gasteiger charge is 2.58. The molecule has 0 radical (unpaired) electrons. The maximum atomic E-state index is 11.8. The van der Waals surface area contributed by atoms with Crippen LogP contribution in [0.3, 0.4) is 0 Å².